The van der Waals surface area contributed by atoms with Crippen LogP contribution < -0.4 is 0 Å². The van der Waals surface area contributed by atoms with Crippen LogP contribution in [0.2, 0.25) is 0 Å². The summed E-state index contributed by atoms with van der Waals surface area (Å²) in [6, 6.07) is 74.5. The number of benzene rings is 9. The van der Waals surface area contributed by atoms with Gasteiger partial charge in [-0.15, -0.1) is 0 Å². The van der Waals surface area contributed by atoms with Crippen molar-refractivity contribution in [2.75, 3.05) is 0 Å². The molecule has 11 rings (SSSR count). The molecule has 1 aliphatic carbocycles. The van der Waals surface area contributed by atoms with Crippen LogP contribution in [0, 0.1) is 0 Å². The van der Waals surface area contributed by atoms with Crippen LogP contribution in [0.3, 0.4) is 0 Å². The maximum Gasteiger partial charge on any atom is 0.160 e. The van der Waals surface area contributed by atoms with Crippen LogP contribution in [-0.2, 0) is 5.41 Å². The van der Waals surface area contributed by atoms with E-state index in [-0.39, 0.29) is 0 Å². The van der Waals surface area contributed by atoms with E-state index in [1.54, 1.807) is 0 Å². The Morgan fingerprint density at radius 3 is 1.69 bits per heavy atom. The summed E-state index contributed by atoms with van der Waals surface area (Å²) in [6.07, 6.45) is 0. The smallest absolute Gasteiger partial charge is 0.160 e. The zero-order chi connectivity index (χ0) is 36.3. The molecule has 0 saturated heterocycles. The predicted molar refractivity (Wildman–Crippen MR) is 228 cm³/mol. The van der Waals surface area contributed by atoms with Crippen molar-refractivity contribution in [1.82, 2.24) is 9.97 Å². The maximum atomic E-state index is 5.44. The van der Waals surface area contributed by atoms with Crippen molar-refractivity contribution in [3.8, 4) is 45.0 Å². The molecule has 1 aromatic heterocycles. The van der Waals surface area contributed by atoms with E-state index in [1.807, 2.05) is 0 Å². The van der Waals surface area contributed by atoms with Crippen molar-refractivity contribution in [3.63, 3.8) is 0 Å². The SMILES string of the molecule is c1ccc(-c2cc(-c3cc4ccccc4c4ccccc34)nc(-c3ccc4ccc5c(c4c3)C(c3ccccc3)(c3ccccc3)c3ccccc3-5)n2)cc1. The minimum atomic E-state index is -0.519. The Balaban J connectivity index is 1.20. The molecule has 0 bridgehead atoms. The van der Waals surface area contributed by atoms with E-state index in [0.717, 1.165) is 28.1 Å². The van der Waals surface area contributed by atoms with Crippen LogP contribution in [0.25, 0.3) is 77.3 Å². The van der Waals surface area contributed by atoms with Gasteiger partial charge in [0.15, 0.2) is 5.82 Å². The number of fused-ring (bicyclic) bond motifs is 8. The van der Waals surface area contributed by atoms with E-state index in [9.17, 15) is 0 Å². The standard InChI is InChI=1S/C53H34N2/c1-4-16-36(17-5-1)49-34-50(47-32-37-18-10-11-23-41(37)42-24-12-13-25-43(42)47)55-52(54-49)38-29-28-35-30-31-45-44-26-14-15-27-48(44)53(51(45)46(35)33-38,39-19-6-2-7-20-39)40-21-8-3-9-22-40/h1-34H. The van der Waals surface area contributed by atoms with Gasteiger partial charge < -0.3 is 0 Å². The van der Waals surface area contributed by atoms with Crippen LogP contribution in [0.15, 0.2) is 206 Å². The number of hydrogen-bond acceptors (Lipinski definition) is 2. The Morgan fingerprint density at radius 2 is 0.927 bits per heavy atom. The molecule has 1 heterocycles. The summed E-state index contributed by atoms with van der Waals surface area (Å²) >= 11 is 0. The van der Waals surface area contributed by atoms with E-state index >= 15 is 0 Å². The molecule has 9 aromatic carbocycles. The van der Waals surface area contributed by atoms with Crippen molar-refractivity contribution in [3.05, 3.63) is 229 Å². The summed E-state index contributed by atoms with van der Waals surface area (Å²) in [5, 5.41) is 7.21. The molecule has 256 valence electrons. The molecule has 55 heavy (non-hydrogen) atoms. The Bertz CT molecular complexity index is 3040. The molecule has 2 heteroatoms. The predicted octanol–water partition coefficient (Wildman–Crippen LogP) is 13.3. The molecule has 0 unspecified atom stereocenters. The average molecular weight is 699 g/mol. The van der Waals surface area contributed by atoms with Crippen LogP contribution in [0.5, 0.6) is 0 Å². The van der Waals surface area contributed by atoms with E-state index < -0.39 is 5.41 Å². The summed E-state index contributed by atoms with van der Waals surface area (Å²) in [4.78, 5) is 10.8. The second-order valence-corrected chi connectivity index (χ2v) is 14.5. The zero-order valence-electron chi connectivity index (χ0n) is 30.0. The van der Waals surface area contributed by atoms with Gasteiger partial charge >= 0.3 is 0 Å². The first-order valence-corrected chi connectivity index (χ1v) is 18.9. The topological polar surface area (TPSA) is 25.8 Å². The van der Waals surface area contributed by atoms with Crippen molar-refractivity contribution in [1.29, 1.82) is 0 Å². The second kappa shape index (κ2) is 12.5. The molecule has 2 nitrogen and oxygen atoms in total. The fourth-order valence-corrected chi connectivity index (χ4v) is 9.15. The van der Waals surface area contributed by atoms with E-state index in [2.05, 4.69) is 206 Å². The summed E-state index contributed by atoms with van der Waals surface area (Å²) < 4.78 is 0. The van der Waals surface area contributed by atoms with Crippen molar-refractivity contribution in [2.24, 2.45) is 0 Å². The first kappa shape index (κ1) is 31.4. The molecular formula is C53H34N2. The largest absolute Gasteiger partial charge is 0.228 e. The molecule has 0 atom stereocenters. The normalized spacial score (nSPS) is 12.9. The lowest BCUT2D eigenvalue weighted by Crippen LogP contribution is -2.28. The van der Waals surface area contributed by atoms with Gasteiger partial charge in [-0.25, -0.2) is 9.97 Å². The summed E-state index contributed by atoms with van der Waals surface area (Å²) in [6.45, 7) is 0. The first-order valence-electron chi connectivity index (χ1n) is 18.9. The lowest BCUT2D eigenvalue weighted by Gasteiger charge is -2.34. The van der Waals surface area contributed by atoms with Gasteiger partial charge in [0.1, 0.15) is 0 Å². The van der Waals surface area contributed by atoms with Gasteiger partial charge in [-0.3, -0.25) is 0 Å². The number of aromatic nitrogens is 2. The van der Waals surface area contributed by atoms with Crippen molar-refractivity contribution in [2.45, 2.75) is 5.41 Å². The van der Waals surface area contributed by atoms with Gasteiger partial charge in [0.05, 0.1) is 16.8 Å². The Labute approximate surface area is 320 Å². The van der Waals surface area contributed by atoms with Gasteiger partial charge in [0.2, 0.25) is 0 Å². The van der Waals surface area contributed by atoms with Gasteiger partial charge in [0, 0.05) is 16.7 Å². The molecule has 0 N–H and O–H groups in total. The fourth-order valence-electron chi connectivity index (χ4n) is 9.15. The van der Waals surface area contributed by atoms with Gasteiger partial charge in [-0.05, 0) is 83.9 Å². The Hall–Kier alpha value is -7.16. The molecule has 0 fully saturated rings. The molecule has 0 amide bonds. The highest BCUT2D eigenvalue weighted by Crippen LogP contribution is 2.58. The first-order chi connectivity index (χ1) is 27.3. The molecule has 0 radical (unpaired) electrons. The summed E-state index contributed by atoms with van der Waals surface area (Å²) in [7, 11) is 0. The van der Waals surface area contributed by atoms with Crippen molar-refractivity contribution >= 4 is 32.3 Å². The van der Waals surface area contributed by atoms with Crippen LogP contribution in [0.4, 0.5) is 0 Å². The van der Waals surface area contributed by atoms with Crippen molar-refractivity contribution < 1.29 is 0 Å². The molecular weight excluding hydrogens is 665 g/mol. The van der Waals surface area contributed by atoms with Gasteiger partial charge in [0.25, 0.3) is 0 Å². The quantitative estimate of drug-likeness (QED) is 0.167. The highest BCUT2D eigenvalue weighted by molar-refractivity contribution is 6.13. The molecule has 0 saturated carbocycles. The fraction of sp³-hybridized carbons (Fsp3) is 0.0189. The highest BCUT2D eigenvalue weighted by Gasteiger charge is 2.47. The number of nitrogens with zero attached hydrogens (tertiary/aromatic N) is 2. The summed E-state index contributed by atoms with van der Waals surface area (Å²) in [5.74, 6) is 0.702. The molecule has 0 spiro atoms. The summed E-state index contributed by atoms with van der Waals surface area (Å²) in [5.41, 5.74) is 12.0. The second-order valence-electron chi connectivity index (χ2n) is 14.5. The monoisotopic (exact) mass is 698 g/mol. The molecule has 0 aliphatic heterocycles. The molecule has 1 aliphatic rings. The average Bonchev–Trinajstić information content (AvgIpc) is 3.58. The Morgan fingerprint density at radius 1 is 0.327 bits per heavy atom. The maximum absolute atomic E-state index is 5.44. The lowest BCUT2D eigenvalue weighted by molar-refractivity contribution is 0.775. The zero-order valence-corrected chi connectivity index (χ0v) is 30.0. The third-order valence-electron chi connectivity index (χ3n) is 11.5. The van der Waals surface area contributed by atoms with Gasteiger partial charge in [-0.1, -0.05) is 188 Å². The van der Waals surface area contributed by atoms with E-state index in [4.69, 9.17) is 9.97 Å². The lowest BCUT2D eigenvalue weighted by atomic mass is 9.66. The highest BCUT2D eigenvalue weighted by atomic mass is 14.9. The van der Waals surface area contributed by atoms with E-state index in [1.165, 1.54) is 65.7 Å². The Kier molecular flexibility index (Phi) is 7.11. The third kappa shape index (κ3) is 4.82. The number of hydrogen-bond donors (Lipinski definition) is 0. The minimum Gasteiger partial charge on any atom is -0.228 e. The van der Waals surface area contributed by atoms with Crippen LogP contribution >= 0.6 is 0 Å². The van der Waals surface area contributed by atoms with Crippen LogP contribution in [0.1, 0.15) is 22.3 Å². The third-order valence-corrected chi connectivity index (χ3v) is 11.5. The van der Waals surface area contributed by atoms with Gasteiger partial charge in [-0.2, -0.15) is 0 Å². The van der Waals surface area contributed by atoms with Crippen LogP contribution in [-0.4, -0.2) is 9.97 Å². The minimum absolute atomic E-state index is 0.519. The van der Waals surface area contributed by atoms with E-state index in [0.29, 0.717) is 5.82 Å². The number of rotatable bonds is 5. The molecule has 10 aromatic rings.